The van der Waals surface area contributed by atoms with Crippen LogP contribution in [0.1, 0.15) is 31.2 Å². The van der Waals surface area contributed by atoms with E-state index in [1.807, 2.05) is 13.0 Å². The maximum absolute atomic E-state index is 12.3. The van der Waals surface area contributed by atoms with E-state index < -0.39 is 0 Å². The van der Waals surface area contributed by atoms with Crippen molar-refractivity contribution in [1.29, 1.82) is 0 Å². The molecule has 1 heterocycles. The third-order valence-electron chi connectivity index (χ3n) is 3.69. The highest BCUT2D eigenvalue weighted by atomic mass is 16.1. The van der Waals surface area contributed by atoms with Crippen molar-refractivity contribution >= 4 is 11.6 Å². The molecule has 1 saturated carbocycles. The molecule has 4 heteroatoms. The van der Waals surface area contributed by atoms with Crippen molar-refractivity contribution in [3.8, 4) is 0 Å². The molecule has 1 aromatic heterocycles. The zero-order valence-corrected chi connectivity index (χ0v) is 10.9. The number of nitrogens with two attached hydrogens (primary N) is 1. The van der Waals surface area contributed by atoms with Crippen molar-refractivity contribution in [2.45, 2.75) is 32.6 Å². The van der Waals surface area contributed by atoms with Gasteiger partial charge in [0.15, 0.2) is 0 Å². The number of amides is 1. The summed E-state index contributed by atoms with van der Waals surface area (Å²) in [5.41, 5.74) is 7.58. The van der Waals surface area contributed by atoms with Gasteiger partial charge in [0.2, 0.25) is 5.91 Å². The van der Waals surface area contributed by atoms with Crippen LogP contribution < -0.4 is 11.1 Å². The van der Waals surface area contributed by atoms with Crippen LogP contribution in [0.4, 0.5) is 5.69 Å². The SMILES string of the molecule is Cc1cncc(NC(=O)C2CCCCC2CN)c1. The lowest BCUT2D eigenvalue weighted by atomic mass is 9.78. The van der Waals surface area contributed by atoms with Gasteiger partial charge < -0.3 is 11.1 Å². The van der Waals surface area contributed by atoms with Gasteiger partial charge in [-0.05, 0) is 43.9 Å². The molecule has 2 rings (SSSR count). The molecule has 1 aromatic rings. The van der Waals surface area contributed by atoms with Gasteiger partial charge in [0.25, 0.3) is 0 Å². The maximum Gasteiger partial charge on any atom is 0.227 e. The second-order valence-corrected chi connectivity index (χ2v) is 5.13. The molecule has 0 bridgehead atoms. The highest BCUT2D eigenvalue weighted by Gasteiger charge is 2.29. The average molecular weight is 247 g/mol. The zero-order chi connectivity index (χ0) is 13.0. The number of hydrogen-bond acceptors (Lipinski definition) is 3. The van der Waals surface area contributed by atoms with E-state index in [0.29, 0.717) is 12.5 Å². The van der Waals surface area contributed by atoms with Crippen LogP contribution in [-0.4, -0.2) is 17.4 Å². The number of carbonyl (C=O) groups is 1. The summed E-state index contributed by atoms with van der Waals surface area (Å²) in [5.74, 6) is 0.485. The second kappa shape index (κ2) is 5.96. The summed E-state index contributed by atoms with van der Waals surface area (Å²) in [4.78, 5) is 16.3. The number of carbonyl (C=O) groups excluding carboxylic acids is 1. The lowest BCUT2D eigenvalue weighted by Gasteiger charge is -2.29. The van der Waals surface area contributed by atoms with Crippen molar-refractivity contribution in [1.82, 2.24) is 4.98 Å². The Bertz CT molecular complexity index is 419. The smallest absolute Gasteiger partial charge is 0.227 e. The minimum atomic E-state index is 0.0595. The van der Waals surface area contributed by atoms with E-state index in [2.05, 4.69) is 10.3 Å². The van der Waals surface area contributed by atoms with Crippen LogP contribution in [-0.2, 0) is 4.79 Å². The van der Waals surface area contributed by atoms with Gasteiger partial charge in [0, 0.05) is 12.1 Å². The van der Waals surface area contributed by atoms with Crippen LogP contribution in [0.2, 0.25) is 0 Å². The molecule has 18 heavy (non-hydrogen) atoms. The molecule has 1 aliphatic rings. The van der Waals surface area contributed by atoms with Gasteiger partial charge in [-0.25, -0.2) is 0 Å². The Morgan fingerprint density at radius 2 is 2.22 bits per heavy atom. The summed E-state index contributed by atoms with van der Waals surface area (Å²) in [6.07, 6.45) is 7.80. The predicted molar refractivity (Wildman–Crippen MR) is 72.1 cm³/mol. The topological polar surface area (TPSA) is 68.0 Å². The molecule has 1 fully saturated rings. The van der Waals surface area contributed by atoms with Crippen molar-refractivity contribution in [3.05, 3.63) is 24.0 Å². The van der Waals surface area contributed by atoms with Crippen LogP contribution in [0, 0.1) is 18.8 Å². The van der Waals surface area contributed by atoms with E-state index in [1.165, 1.54) is 6.42 Å². The highest BCUT2D eigenvalue weighted by molar-refractivity contribution is 5.92. The van der Waals surface area contributed by atoms with E-state index in [-0.39, 0.29) is 11.8 Å². The number of nitrogens with one attached hydrogen (secondary N) is 1. The zero-order valence-electron chi connectivity index (χ0n) is 10.9. The highest BCUT2D eigenvalue weighted by Crippen LogP contribution is 2.30. The quantitative estimate of drug-likeness (QED) is 0.859. The largest absolute Gasteiger partial charge is 0.330 e. The Hall–Kier alpha value is -1.42. The standard InChI is InChI=1S/C14H21N3O/c1-10-6-12(9-16-8-10)17-14(18)13-5-3-2-4-11(13)7-15/h6,8-9,11,13H,2-5,7,15H2,1H3,(H,17,18). The van der Waals surface area contributed by atoms with Crippen LogP contribution in [0.3, 0.4) is 0 Å². The van der Waals surface area contributed by atoms with Gasteiger partial charge in [-0.15, -0.1) is 0 Å². The number of anilines is 1. The van der Waals surface area contributed by atoms with Gasteiger partial charge in [-0.1, -0.05) is 12.8 Å². The van der Waals surface area contributed by atoms with Crippen molar-refractivity contribution in [3.63, 3.8) is 0 Å². The molecule has 3 N–H and O–H groups in total. The maximum atomic E-state index is 12.3. The Morgan fingerprint density at radius 3 is 2.94 bits per heavy atom. The number of nitrogens with zero attached hydrogens (tertiary/aromatic N) is 1. The third-order valence-corrected chi connectivity index (χ3v) is 3.69. The molecule has 1 aliphatic carbocycles. The normalized spacial score (nSPS) is 23.7. The van der Waals surface area contributed by atoms with Crippen molar-refractivity contribution < 1.29 is 4.79 Å². The van der Waals surface area contributed by atoms with Gasteiger partial charge >= 0.3 is 0 Å². The first-order chi connectivity index (χ1) is 8.70. The summed E-state index contributed by atoms with van der Waals surface area (Å²) < 4.78 is 0. The number of aromatic nitrogens is 1. The molecule has 2 unspecified atom stereocenters. The van der Waals surface area contributed by atoms with E-state index in [0.717, 1.165) is 30.5 Å². The monoisotopic (exact) mass is 247 g/mol. The molecular weight excluding hydrogens is 226 g/mol. The van der Waals surface area contributed by atoms with Crippen LogP contribution >= 0.6 is 0 Å². The number of rotatable bonds is 3. The summed E-state index contributed by atoms with van der Waals surface area (Å²) >= 11 is 0. The van der Waals surface area contributed by atoms with Crippen LogP contribution in [0.5, 0.6) is 0 Å². The second-order valence-electron chi connectivity index (χ2n) is 5.13. The van der Waals surface area contributed by atoms with Crippen LogP contribution in [0.25, 0.3) is 0 Å². The molecule has 0 spiro atoms. The minimum absolute atomic E-state index is 0.0595. The number of hydrogen-bond donors (Lipinski definition) is 2. The predicted octanol–water partition coefficient (Wildman–Crippen LogP) is 2.09. The van der Waals surface area contributed by atoms with Gasteiger partial charge in [0.1, 0.15) is 0 Å². The van der Waals surface area contributed by atoms with Gasteiger partial charge in [0.05, 0.1) is 11.9 Å². The van der Waals surface area contributed by atoms with Crippen molar-refractivity contribution in [2.75, 3.05) is 11.9 Å². The minimum Gasteiger partial charge on any atom is -0.330 e. The van der Waals surface area contributed by atoms with E-state index in [9.17, 15) is 4.79 Å². The summed E-state index contributed by atoms with van der Waals surface area (Å²) in [7, 11) is 0. The summed E-state index contributed by atoms with van der Waals surface area (Å²) in [6, 6.07) is 1.94. The molecule has 0 aliphatic heterocycles. The first-order valence-corrected chi connectivity index (χ1v) is 6.63. The molecule has 0 saturated heterocycles. The fourth-order valence-corrected chi connectivity index (χ4v) is 2.69. The molecule has 0 radical (unpaired) electrons. The Kier molecular flexibility index (Phi) is 4.31. The molecular formula is C14H21N3O. The molecule has 0 aromatic carbocycles. The third kappa shape index (κ3) is 3.07. The summed E-state index contributed by atoms with van der Waals surface area (Å²) in [6.45, 7) is 2.57. The van der Waals surface area contributed by atoms with E-state index >= 15 is 0 Å². The fourth-order valence-electron chi connectivity index (χ4n) is 2.69. The Balaban J connectivity index is 2.02. The average Bonchev–Trinajstić information content (AvgIpc) is 2.38. The lowest BCUT2D eigenvalue weighted by Crippen LogP contribution is -2.35. The van der Waals surface area contributed by atoms with E-state index in [4.69, 9.17) is 5.73 Å². The van der Waals surface area contributed by atoms with Crippen molar-refractivity contribution in [2.24, 2.45) is 17.6 Å². The first kappa shape index (κ1) is 13.0. The number of pyridine rings is 1. The number of aryl methyl sites for hydroxylation is 1. The molecule has 1 amide bonds. The van der Waals surface area contributed by atoms with Gasteiger partial charge in [-0.2, -0.15) is 0 Å². The molecule has 4 nitrogen and oxygen atoms in total. The van der Waals surface area contributed by atoms with E-state index in [1.54, 1.807) is 12.4 Å². The molecule has 98 valence electrons. The summed E-state index contributed by atoms with van der Waals surface area (Å²) in [5, 5.41) is 2.96. The Morgan fingerprint density at radius 1 is 1.44 bits per heavy atom. The first-order valence-electron chi connectivity index (χ1n) is 6.63. The fraction of sp³-hybridized carbons (Fsp3) is 0.571. The Labute approximate surface area is 108 Å². The van der Waals surface area contributed by atoms with Gasteiger partial charge in [-0.3, -0.25) is 9.78 Å². The lowest BCUT2D eigenvalue weighted by molar-refractivity contribution is -0.122. The van der Waals surface area contributed by atoms with Crippen LogP contribution in [0.15, 0.2) is 18.5 Å². The molecule has 2 atom stereocenters.